The molecule has 0 amide bonds. The van der Waals surface area contributed by atoms with Crippen LogP contribution < -0.4 is 5.32 Å². The molecule has 0 saturated heterocycles. The molecule has 0 spiro atoms. The monoisotopic (exact) mass is 349 g/mol. The lowest BCUT2D eigenvalue weighted by Gasteiger charge is -2.20. The topological polar surface area (TPSA) is 47.9 Å². The lowest BCUT2D eigenvalue weighted by Crippen LogP contribution is -2.38. The Hall–Kier alpha value is -2.11. The second-order valence-electron chi connectivity index (χ2n) is 5.59. The number of halogens is 2. The van der Waals surface area contributed by atoms with Crippen LogP contribution in [-0.4, -0.2) is 36.6 Å². The Bertz CT molecular complexity index is 692. The van der Waals surface area contributed by atoms with Crippen molar-refractivity contribution in [3.8, 4) is 0 Å². The summed E-state index contributed by atoms with van der Waals surface area (Å²) in [5.74, 6) is 0.103. The summed E-state index contributed by atoms with van der Waals surface area (Å²) in [6, 6.07) is 14.2. The molecule has 0 aliphatic heterocycles. The number of aliphatic imine (C=N–C) groups is 1. The van der Waals surface area contributed by atoms with E-state index in [2.05, 4.69) is 10.3 Å². The first kappa shape index (κ1) is 18.2. The molecule has 2 aromatic carbocycles. The summed E-state index contributed by atoms with van der Waals surface area (Å²) in [4.78, 5) is 6.35. The van der Waals surface area contributed by atoms with Gasteiger partial charge in [-0.15, -0.1) is 0 Å². The van der Waals surface area contributed by atoms with E-state index < -0.39 is 11.9 Å². The molecule has 24 heavy (non-hydrogen) atoms. The van der Waals surface area contributed by atoms with E-state index >= 15 is 0 Å². The maximum absolute atomic E-state index is 13.5. The first-order chi connectivity index (χ1) is 11.5. The number of guanidine groups is 1. The minimum atomic E-state index is -0.862. The fourth-order valence-electron chi connectivity index (χ4n) is 2.13. The number of nitrogens with zero attached hydrogens (tertiary/aromatic N) is 2. The third-order valence-electron chi connectivity index (χ3n) is 3.46. The van der Waals surface area contributed by atoms with Crippen molar-refractivity contribution in [3.63, 3.8) is 0 Å². The van der Waals surface area contributed by atoms with Gasteiger partial charge in [0.1, 0.15) is 5.82 Å². The van der Waals surface area contributed by atoms with E-state index in [1.165, 1.54) is 12.1 Å². The van der Waals surface area contributed by atoms with Crippen molar-refractivity contribution < 1.29 is 9.50 Å². The molecule has 2 aromatic rings. The number of aliphatic hydroxyl groups is 1. The zero-order valence-electron chi connectivity index (χ0n) is 13.7. The van der Waals surface area contributed by atoms with Gasteiger partial charge in [0.25, 0.3) is 0 Å². The summed E-state index contributed by atoms with van der Waals surface area (Å²) in [6.45, 7) is 0.750. The fourth-order valence-corrected chi connectivity index (χ4v) is 2.25. The molecule has 0 saturated carbocycles. The van der Waals surface area contributed by atoms with Crippen LogP contribution in [0, 0.1) is 5.82 Å². The smallest absolute Gasteiger partial charge is 0.193 e. The van der Waals surface area contributed by atoms with Crippen molar-refractivity contribution in [1.82, 2.24) is 10.2 Å². The highest BCUT2D eigenvalue weighted by Crippen LogP contribution is 2.19. The number of hydrogen-bond donors (Lipinski definition) is 2. The van der Waals surface area contributed by atoms with Crippen LogP contribution in [0.2, 0.25) is 5.02 Å². The van der Waals surface area contributed by atoms with E-state index in [4.69, 9.17) is 11.6 Å². The van der Waals surface area contributed by atoms with Crippen LogP contribution in [0.1, 0.15) is 17.2 Å². The summed E-state index contributed by atoms with van der Waals surface area (Å²) in [6.07, 6.45) is -0.862. The Labute approximate surface area is 146 Å². The van der Waals surface area contributed by atoms with Gasteiger partial charge >= 0.3 is 0 Å². The maximum Gasteiger partial charge on any atom is 0.193 e. The standard InChI is InChI=1S/C18H21ClFN3O/c1-23(2)18(21-11-13-6-4-3-5-7-13)22-12-17(24)14-8-9-15(19)16(20)10-14/h3-10,17,24H,11-12H2,1-2H3,(H,21,22). The molecule has 0 radical (unpaired) electrons. The number of benzene rings is 2. The van der Waals surface area contributed by atoms with Crippen LogP contribution in [0.25, 0.3) is 0 Å². The van der Waals surface area contributed by atoms with E-state index in [0.29, 0.717) is 18.1 Å². The van der Waals surface area contributed by atoms with Crippen LogP contribution in [0.5, 0.6) is 0 Å². The third-order valence-corrected chi connectivity index (χ3v) is 3.77. The summed E-state index contributed by atoms with van der Waals surface area (Å²) in [5.41, 5.74) is 1.56. The van der Waals surface area contributed by atoms with Gasteiger partial charge in [-0.1, -0.05) is 48.0 Å². The first-order valence-electron chi connectivity index (χ1n) is 7.60. The molecule has 1 atom stereocenters. The minimum absolute atomic E-state index is 0.0392. The lowest BCUT2D eigenvalue weighted by molar-refractivity contribution is 0.179. The second kappa shape index (κ2) is 8.66. The van der Waals surface area contributed by atoms with Gasteiger partial charge in [-0.05, 0) is 23.3 Å². The molecule has 0 heterocycles. The molecule has 128 valence electrons. The van der Waals surface area contributed by atoms with Crippen LogP contribution >= 0.6 is 11.6 Å². The van der Waals surface area contributed by atoms with Crippen molar-refractivity contribution in [3.05, 3.63) is 70.5 Å². The molecule has 0 bridgehead atoms. The quantitative estimate of drug-likeness (QED) is 0.643. The zero-order valence-corrected chi connectivity index (χ0v) is 14.5. The lowest BCUT2D eigenvalue weighted by atomic mass is 10.1. The van der Waals surface area contributed by atoms with E-state index in [-0.39, 0.29) is 11.6 Å². The Kier molecular flexibility index (Phi) is 6.58. The Morgan fingerprint density at radius 3 is 2.58 bits per heavy atom. The molecule has 4 nitrogen and oxygen atoms in total. The molecule has 1 unspecified atom stereocenters. The van der Waals surface area contributed by atoms with Crippen molar-refractivity contribution >= 4 is 17.6 Å². The SMILES string of the molecule is CN(C)C(=NCc1ccccc1)NCC(O)c1ccc(Cl)c(F)c1. The highest BCUT2D eigenvalue weighted by molar-refractivity contribution is 6.30. The average molecular weight is 350 g/mol. The van der Waals surface area contributed by atoms with Gasteiger partial charge in [0, 0.05) is 20.6 Å². The molecule has 6 heteroatoms. The van der Waals surface area contributed by atoms with Crippen LogP contribution in [0.4, 0.5) is 4.39 Å². The van der Waals surface area contributed by atoms with Gasteiger partial charge in [0.05, 0.1) is 17.7 Å². The normalized spacial score (nSPS) is 12.8. The van der Waals surface area contributed by atoms with E-state index in [9.17, 15) is 9.50 Å². The predicted octanol–water partition coefficient (Wildman–Crippen LogP) is 3.22. The highest BCUT2D eigenvalue weighted by Gasteiger charge is 2.12. The zero-order chi connectivity index (χ0) is 17.5. The molecular formula is C18H21ClFN3O. The minimum Gasteiger partial charge on any atom is -0.387 e. The number of hydrogen-bond acceptors (Lipinski definition) is 2. The summed E-state index contributed by atoms with van der Waals surface area (Å²) in [7, 11) is 3.73. The van der Waals surface area contributed by atoms with Crippen molar-refractivity contribution in [2.24, 2.45) is 4.99 Å². The van der Waals surface area contributed by atoms with Gasteiger partial charge in [-0.3, -0.25) is 0 Å². The summed E-state index contributed by atoms with van der Waals surface area (Å²) >= 11 is 5.66. The van der Waals surface area contributed by atoms with Gasteiger partial charge in [-0.25, -0.2) is 9.38 Å². The predicted molar refractivity (Wildman–Crippen MR) is 95.6 cm³/mol. The van der Waals surface area contributed by atoms with E-state index in [1.54, 1.807) is 6.07 Å². The van der Waals surface area contributed by atoms with Crippen molar-refractivity contribution in [2.45, 2.75) is 12.6 Å². The van der Waals surface area contributed by atoms with Crippen molar-refractivity contribution in [2.75, 3.05) is 20.6 Å². The van der Waals surface area contributed by atoms with E-state index in [1.807, 2.05) is 49.3 Å². The summed E-state index contributed by atoms with van der Waals surface area (Å²) in [5, 5.41) is 13.3. The number of aliphatic hydroxyl groups excluding tert-OH is 1. The Morgan fingerprint density at radius 1 is 1.25 bits per heavy atom. The molecule has 0 fully saturated rings. The Balaban J connectivity index is 1.99. The van der Waals surface area contributed by atoms with Crippen molar-refractivity contribution in [1.29, 1.82) is 0 Å². The highest BCUT2D eigenvalue weighted by atomic mass is 35.5. The molecule has 0 aliphatic carbocycles. The molecule has 0 aromatic heterocycles. The van der Waals surface area contributed by atoms with Gasteiger partial charge in [0.15, 0.2) is 5.96 Å². The number of rotatable bonds is 5. The first-order valence-corrected chi connectivity index (χ1v) is 7.97. The van der Waals surface area contributed by atoms with Gasteiger partial charge in [0.2, 0.25) is 0 Å². The fraction of sp³-hybridized carbons (Fsp3) is 0.278. The Morgan fingerprint density at radius 2 is 1.96 bits per heavy atom. The summed E-state index contributed by atoms with van der Waals surface area (Å²) < 4.78 is 13.5. The van der Waals surface area contributed by atoms with Crippen LogP contribution in [-0.2, 0) is 6.54 Å². The third kappa shape index (κ3) is 5.22. The van der Waals surface area contributed by atoms with E-state index in [0.717, 1.165) is 5.56 Å². The van der Waals surface area contributed by atoms with Gasteiger partial charge in [-0.2, -0.15) is 0 Å². The molecule has 0 aliphatic rings. The largest absolute Gasteiger partial charge is 0.387 e. The molecule has 2 N–H and O–H groups in total. The molecular weight excluding hydrogens is 329 g/mol. The number of nitrogens with one attached hydrogen (secondary N) is 1. The maximum atomic E-state index is 13.5. The van der Waals surface area contributed by atoms with Gasteiger partial charge < -0.3 is 15.3 Å². The second-order valence-corrected chi connectivity index (χ2v) is 6.00. The van der Waals surface area contributed by atoms with Crippen LogP contribution in [0.15, 0.2) is 53.5 Å². The average Bonchev–Trinajstić information content (AvgIpc) is 2.57. The molecule has 2 rings (SSSR count). The van der Waals surface area contributed by atoms with Crippen LogP contribution in [0.3, 0.4) is 0 Å².